The molecule has 5 rings (SSSR count). The van der Waals surface area contributed by atoms with E-state index in [0.29, 0.717) is 6.85 Å². The summed E-state index contributed by atoms with van der Waals surface area (Å²) in [6, 6.07) is 17.8. The minimum atomic E-state index is 0.343. The van der Waals surface area contributed by atoms with Crippen molar-refractivity contribution < 1.29 is 0 Å². The molecule has 0 atom stereocenters. The van der Waals surface area contributed by atoms with E-state index in [2.05, 4.69) is 89.7 Å². The van der Waals surface area contributed by atoms with E-state index in [1.807, 2.05) is 0 Å². The molecule has 3 aromatic carbocycles. The van der Waals surface area contributed by atoms with Crippen LogP contribution in [0, 0.1) is 0 Å². The molecule has 0 N–H and O–H groups in total. The monoisotopic (exact) mass is 279 g/mol. The Kier molecular flexibility index (Phi) is 2.36. The van der Waals surface area contributed by atoms with Gasteiger partial charge in [0.15, 0.2) is 0 Å². The van der Waals surface area contributed by atoms with Crippen molar-refractivity contribution in [3.63, 3.8) is 0 Å². The third kappa shape index (κ3) is 1.67. The zero-order valence-corrected chi connectivity index (χ0v) is 12.1. The van der Waals surface area contributed by atoms with Crippen LogP contribution in [0.5, 0.6) is 0 Å². The Morgan fingerprint density at radius 1 is 0.727 bits per heavy atom. The van der Waals surface area contributed by atoms with Gasteiger partial charge in [-0.3, -0.25) is 0 Å². The third-order valence-electron chi connectivity index (χ3n) is 4.59. The van der Waals surface area contributed by atoms with Gasteiger partial charge in [0.05, 0.1) is 0 Å². The maximum atomic E-state index is 2.34. The van der Waals surface area contributed by atoms with Gasteiger partial charge in [0.25, 0.3) is 0 Å². The summed E-state index contributed by atoms with van der Waals surface area (Å²) in [6.45, 7) is 0.343. The van der Waals surface area contributed by atoms with E-state index < -0.39 is 0 Å². The predicted octanol–water partition coefficient (Wildman–Crippen LogP) is 4.98. The van der Waals surface area contributed by atoms with Crippen molar-refractivity contribution in [1.82, 2.24) is 0 Å². The fourth-order valence-corrected chi connectivity index (χ4v) is 3.47. The van der Waals surface area contributed by atoms with Crippen molar-refractivity contribution in [2.45, 2.75) is 0 Å². The molecule has 0 amide bonds. The van der Waals surface area contributed by atoms with E-state index >= 15 is 0 Å². The summed E-state index contributed by atoms with van der Waals surface area (Å²) >= 11 is 0. The van der Waals surface area contributed by atoms with Crippen molar-refractivity contribution in [1.29, 1.82) is 0 Å². The molecule has 0 saturated heterocycles. The summed E-state index contributed by atoms with van der Waals surface area (Å²) in [5.74, 6) is 4.49. The zero-order valence-electron chi connectivity index (χ0n) is 12.1. The highest BCUT2D eigenvalue weighted by molar-refractivity contribution is 6.75. The van der Waals surface area contributed by atoms with Gasteiger partial charge in [0.1, 0.15) is 0 Å². The molecule has 0 aromatic heterocycles. The fraction of sp³-hybridized carbons (Fsp3) is 0. The summed E-state index contributed by atoms with van der Waals surface area (Å²) in [6.07, 6.45) is 8.63. The van der Waals surface area contributed by atoms with Crippen LogP contribution in [0.2, 0.25) is 0 Å². The van der Waals surface area contributed by atoms with Gasteiger partial charge in [0.2, 0.25) is 0 Å². The number of rotatable bonds is 0. The molecule has 1 nitrogen and oxygen atoms in total. The van der Waals surface area contributed by atoms with E-state index in [1.54, 1.807) is 0 Å². The number of hydrogen-bond acceptors (Lipinski definition) is 1. The first-order valence-corrected chi connectivity index (χ1v) is 7.67. The normalized spacial score (nSPS) is 15.5. The first-order valence-electron chi connectivity index (χ1n) is 7.67. The van der Waals surface area contributed by atoms with Gasteiger partial charge >= 0.3 is 6.85 Å². The Morgan fingerprint density at radius 2 is 1.50 bits per heavy atom. The van der Waals surface area contributed by atoms with Gasteiger partial charge in [-0.1, -0.05) is 48.4 Å². The lowest BCUT2D eigenvalue weighted by Gasteiger charge is -2.31. The molecule has 3 aromatic rings. The summed E-state index contributed by atoms with van der Waals surface area (Å²) < 4.78 is 0. The number of fused-ring (bicyclic) bond motifs is 5. The Bertz CT molecular complexity index is 997. The van der Waals surface area contributed by atoms with Gasteiger partial charge < -0.3 is 4.81 Å². The predicted molar refractivity (Wildman–Crippen MR) is 97.0 cm³/mol. The van der Waals surface area contributed by atoms with Gasteiger partial charge in [-0.25, -0.2) is 0 Å². The molecule has 2 aliphatic heterocycles. The van der Waals surface area contributed by atoms with Crippen molar-refractivity contribution in [3.8, 4) is 0 Å². The van der Waals surface area contributed by atoms with Gasteiger partial charge in [-0.2, -0.15) is 0 Å². The fourth-order valence-electron chi connectivity index (χ4n) is 3.47. The van der Waals surface area contributed by atoms with Gasteiger partial charge in [-0.15, -0.1) is 0 Å². The van der Waals surface area contributed by atoms with Crippen molar-refractivity contribution in [2.24, 2.45) is 0 Å². The van der Waals surface area contributed by atoms with Crippen LogP contribution in [-0.4, -0.2) is 6.85 Å². The quantitative estimate of drug-likeness (QED) is 0.414. The van der Waals surface area contributed by atoms with Crippen LogP contribution >= 0.6 is 0 Å². The molecule has 0 unspecified atom stereocenters. The summed E-state index contributed by atoms with van der Waals surface area (Å²) in [4.78, 5) is 2.34. The molecule has 22 heavy (non-hydrogen) atoms. The van der Waals surface area contributed by atoms with Crippen LogP contribution < -0.4 is 4.81 Å². The average molecular weight is 279 g/mol. The largest absolute Gasteiger partial charge is 0.383 e. The lowest BCUT2D eigenvalue weighted by Crippen LogP contribution is -2.35. The minimum Gasteiger partial charge on any atom is -0.383 e. The lowest BCUT2D eigenvalue weighted by atomic mass is 9.57. The molecule has 0 saturated carbocycles. The highest BCUT2D eigenvalue weighted by Crippen LogP contribution is 2.35. The SMILES string of the molecule is C1=CB2C=Cc3cc4cc5ccccc5cc4cc3N2C=C1. The number of nitrogens with zero attached hydrogens (tertiary/aromatic N) is 1. The number of benzene rings is 3. The van der Waals surface area contributed by atoms with Crippen LogP contribution in [0.3, 0.4) is 0 Å². The van der Waals surface area contributed by atoms with Crippen molar-refractivity contribution >= 4 is 40.2 Å². The summed E-state index contributed by atoms with van der Waals surface area (Å²) in [7, 11) is 0. The van der Waals surface area contributed by atoms with E-state index in [1.165, 1.54) is 32.8 Å². The first kappa shape index (κ1) is 11.9. The van der Waals surface area contributed by atoms with E-state index in [9.17, 15) is 0 Å². The molecule has 0 spiro atoms. The Morgan fingerprint density at radius 3 is 2.32 bits per heavy atom. The molecule has 2 heterocycles. The van der Waals surface area contributed by atoms with Crippen LogP contribution in [-0.2, 0) is 0 Å². The van der Waals surface area contributed by atoms with Crippen LogP contribution in [0.1, 0.15) is 5.56 Å². The molecule has 2 aliphatic rings. The molecule has 2 heteroatoms. The Balaban J connectivity index is 1.80. The maximum Gasteiger partial charge on any atom is 0.312 e. The van der Waals surface area contributed by atoms with Gasteiger partial charge in [0, 0.05) is 5.69 Å². The van der Waals surface area contributed by atoms with Crippen LogP contribution in [0.25, 0.3) is 27.6 Å². The maximum absolute atomic E-state index is 2.34. The second-order valence-electron chi connectivity index (χ2n) is 5.94. The van der Waals surface area contributed by atoms with Crippen molar-refractivity contribution in [2.75, 3.05) is 4.81 Å². The standard InChI is InChI=1S/C20H14BN/c1-2-6-16-12-19-14-20-17(13-18(19)11-15(16)5-1)7-9-21-8-3-4-10-22(20)21/h1-14H. The van der Waals surface area contributed by atoms with E-state index in [-0.39, 0.29) is 0 Å². The minimum absolute atomic E-state index is 0.343. The van der Waals surface area contributed by atoms with Crippen molar-refractivity contribution in [3.05, 3.63) is 84.4 Å². The zero-order chi connectivity index (χ0) is 14.5. The van der Waals surface area contributed by atoms with Gasteiger partial charge in [-0.05, 0) is 63.6 Å². The molecule has 0 aliphatic carbocycles. The molecule has 102 valence electrons. The molecule has 0 radical (unpaired) electrons. The Labute approximate surface area is 130 Å². The van der Waals surface area contributed by atoms with E-state index in [0.717, 1.165) is 0 Å². The van der Waals surface area contributed by atoms with Crippen LogP contribution in [0.15, 0.2) is 78.8 Å². The number of allylic oxidation sites excluding steroid dienone is 2. The Hall–Kier alpha value is -2.74. The summed E-state index contributed by atoms with van der Waals surface area (Å²) in [5, 5.41) is 5.20. The third-order valence-corrected chi connectivity index (χ3v) is 4.59. The van der Waals surface area contributed by atoms with E-state index in [4.69, 9.17) is 0 Å². The number of anilines is 1. The second-order valence-corrected chi connectivity index (χ2v) is 5.94. The molecular formula is C20H14BN. The number of hydrogen-bond donors (Lipinski definition) is 0. The highest BCUT2D eigenvalue weighted by atomic mass is 15.1. The second kappa shape index (κ2) is 4.38. The molecular weight excluding hydrogens is 265 g/mol. The lowest BCUT2D eigenvalue weighted by molar-refractivity contribution is 1.37. The highest BCUT2D eigenvalue weighted by Gasteiger charge is 2.24. The average Bonchev–Trinajstić information content (AvgIpc) is 2.58. The molecule has 0 fully saturated rings. The first-order chi connectivity index (χ1) is 10.9. The van der Waals surface area contributed by atoms with Crippen LogP contribution in [0.4, 0.5) is 5.69 Å². The smallest absolute Gasteiger partial charge is 0.312 e. The topological polar surface area (TPSA) is 3.24 Å². The summed E-state index contributed by atoms with van der Waals surface area (Å²) in [5.41, 5.74) is 2.58. The molecule has 0 bridgehead atoms.